The number of hydrogen-bond acceptors (Lipinski definition) is 5. The number of carboxylic acids is 1. The number of carbonyl (C=O) groups excluding carboxylic acids is 2. The Morgan fingerprint density at radius 2 is 1.72 bits per heavy atom. The van der Waals surface area contributed by atoms with Crippen molar-refractivity contribution >= 4 is 17.8 Å². The fraction of sp³-hybridized carbons (Fsp3) is 0.500. The van der Waals surface area contributed by atoms with Crippen LogP contribution in [0.3, 0.4) is 0 Å². The number of aliphatic carboxylic acids is 1. The zero-order valence-corrected chi connectivity index (χ0v) is 15.0. The van der Waals surface area contributed by atoms with Crippen molar-refractivity contribution in [3.63, 3.8) is 0 Å². The Bertz CT molecular complexity index is 624. The van der Waals surface area contributed by atoms with Gasteiger partial charge in [-0.05, 0) is 33.3 Å². The lowest BCUT2D eigenvalue weighted by Gasteiger charge is -2.30. The van der Waals surface area contributed by atoms with Crippen LogP contribution in [0.15, 0.2) is 30.3 Å². The smallest absolute Gasteiger partial charge is 0.326 e. The van der Waals surface area contributed by atoms with E-state index < -0.39 is 34.9 Å². The zero-order valence-electron chi connectivity index (χ0n) is 15.0. The van der Waals surface area contributed by atoms with E-state index in [9.17, 15) is 19.5 Å². The molecule has 0 bridgehead atoms. The molecule has 0 aromatic heterocycles. The number of nitrogens with one attached hydrogen (secondary N) is 1. The molecule has 0 radical (unpaired) electrons. The summed E-state index contributed by atoms with van der Waals surface area (Å²) in [5.74, 6) is -2.75. The van der Waals surface area contributed by atoms with Gasteiger partial charge in [-0.15, -0.1) is 0 Å². The molecular formula is C18H26N2O5. The number of benzene rings is 1. The highest BCUT2D eigenvalue weighted by molar-refractivity contribution is 6.03. The van der Waals surface area contributed by atoms with Gasteiger partial charge in [0, 0.05) is 13.0 Å². The van der Waals surface area contributed by atoms with Gasteiger partial charge in [0.25, 0.3) is 0 Å². The lowest BCUT2D eigenvalue weighted by Crippen LogP contribution is -2.55. The normalized spacial score (nSPS) is 14.9. The van der Waals surface area contributed by atoms with Gasteiger partial charge >= 0.3 is 11.9 Å². The van der Waals surface area contributed by atoms with Gasteiger partial charge in [-0.2, -0.15) is 0 Å². The molecule has 1 rings (SSSR count). The number of carbonyl (C=O) groups is 3. The van der Waals surface area contributed by atoms with E-state index in [1.807, 2.05) is 6.07 Å². The molecule has 0 spiro atoms. The predicted molar refractivity (Wildman–Crippen MR) is 92.7 cm³/mol. The Morgan fingerprint density at radius 3 is 2.16 bits per heavy atom. The van der Waals surface area contributed by atoms with Gasteiger partial charge in [0.2, 0.25) is 5.91 Å². The minimum atomic E-state index is -1.67. The molecule has 0 saturated carbocycles. The summed E-state index contributed by atoms with van der Waals surface area (Å²) in [6, 6.07) is 7.71. The maximum Gasteiger partial charge on any atom is 0.326 e. The highest BCUT2D eigenvalue weighted by atomic mass is 16.6. The summed E-state index contributed by atoms with van der Waals surface area (Å²) < 4.78 is 5.25. The molecule has 0 aliphatic carbocycles. The van der Waals surface area contributed by atoms with Crippen molar-refractivity contribution in [2.75, 3.05) is 6.54 Å². The summed E-state index contributed by atoms with van der Waals surface area (Å²) in [5.41, 5.74) is 3.92. The predicted octanol–water partition coefficient (Wildman–Crippen LogP) is 1.11. The quantitative estimate of drug-likeness (QED) is 0.501. The van der Waals surface area contributed by atoms with Crippen molar-refractivity contribution < 1.29 is 24.2 Å². The molecule has 1 unspecified atom stereocenters. The molecule has 0 heterocycles. The average Bonchev–Trinajstić information content (AvgIpc) is 2.52. The van der Waals surface area contributed by atoms with Crippen molar-refractivity contribution in [1.82, 2.24) is 5.32 Å². The molecule has 1 aromatic rings. The van der Waals surface area contributed by atoms with E-state index >= 15 is 0 Å². The van der Waals surface area contributed by atoms with Crippen LogP contribution in [-0.4, -0.2) is 41.1 Å². The van der Waals surface area contributed by atoms with Crippen LogP contribution in [0.4, 0.5) is 0 Å². The molecule has 0 fully saturated rings. The monoisotopic (exact) mass is 350 g/mol. The molecule has 7 nitrogen and oxygen atoms in total. The molecule has 4 N–H and O–H groups in total. The summed E-state index contributed by atoms with van der Waals surface area (Å²) >= 11 is 0. The highest BCUT2D eigenvalue weighted by Gasteiger charge is 2.44. The van der Waals surface area contributed by atoms with Crippen molar-refractivity contribution in [3.05, 3.63) is 35.9 Å². The maximum atomic E-state index is 12.6. The minimum absolute atomic E-state index is 0.0941. The van der Waals surface area contributed by atoms with E-state index in [-0.39, 0.29) is 13.0 Å². The van der Waals surface area contributed by atoms with Crippen LogP contribution in [0, 0.1) is 5.41 Å². The van der Waals surface area contributed by atoms with E-state index in [2.05, 4.69) is 5.32 Å². The maximum absolute atomic E-state index is 12.6. The first-order valence-corrected chi connectivity index (χ1v) is 8.01. The number of carboxylic acid groups (broad SMARTS) is 1. The molecule has 0 aliphatic rings. The standard InChI is InChI=1S/C18H26N2O5/c1-17(2,3)25-16(24)18(4,11-19)15(23)20-13(14(21)22)10-12-8-6-5-7-9-12/h5-9,13H,10-11,19H2,1-4H3,(H,20,23)(H,21,22)/t13-,18?/m1/s1. The summed E-state index contributed by atoms with van der Waals surface area (Å²) in [6.07, 6.45) is 0.0941. The molecule has 25 heavy (non-hydrogen) atoms. The second-order valence-corrected chi connectivity index (χ2v) is 7.09. The Hall–Kier alpha value is -2.41. The number of esters is 1. The summed E-state index contributed by atoms with van der Waals surface area (Å²) in [6.45, 7) is 6.07. The van der Waals surface area contributed by atoms with Gasteiger partial charge in [0.1, 0.15) is 11.6 Å². The van der Waals surface area contributed by atoms with Crippen LogP contribution in [0.2, 0.25) is 0 Å². The molecule has 0 aliphatic heterocycles. The van der Waals surface area contributed by atoms with Crippen molar-refractivity contribution in [1.29, 1.82) is 0 Å². The second kappa shape index (κ2) is 8.11. The van der Waals surface area contributed by atoms with Crippen LogP contribution in [-0.2, 0) is 25.5 Å². The largest absolute Gasteiger partial charge is 0.480 e. The first-order valence-electron chi connectivity index (χ1n) is 8.01. The molecule has 138 valence electrons. The fourth-order valence-corrected chi connectivity index (χ4v) is 2.03. The SMILES string of the molecule is CC(C)(C)OC(=O)C(C)(CN)C(=O)N[C@H](Cc1ccccc1)C(=O)O. The number of rotatable bonds is 7. The third-order valence-electron chi connectivity index (χ3n) is 3.64. The average molecular weight is 350 g/mol. The van der Waals surface area contributed by atoms with Crippen LogP contribution in [0.25, 0.3) is 0 Å². The van der Waals surface area contributed by atoms with Crippen molar-refractivity contribution in [2.45, 2.75) is 45.8 Å². The third kappa shape index (κ3) is 5.86. The van der Waals surface area contributed by atoms with Crippen molar-refractivity contribution in [2.24, 2.45) is 11.1 Å². The van der Waals surface area contributed by atoms with Gasteiger partial charge in [-0.3, -0.25) is 9.59 Å². The molecule has 2 atom stereocenters. The molecule has 1 amide bonds. The second-order valence-electron chi connectivity index (χ2n) is 7.09. The Morgan fingerprint density at radius 1 is 1.16 bits per heavy atom. The number of amides is 1. The van der Waals surface area contributed by atoms with E-state index in [1.165, 1.54) is 6.92 Å². The van der Waals surface area contributed by atoms with E-state index in [0.717, 1.165) is 5.56 Å². The molecular weight excluding hydrogens is 324 g/mol. The Labute approximate surface area is 147 Å². The summed E-state index contributed by atoms with van der Waals surface area (Å²) in [7, 11) is 0. The third-order valence-corrected chi connectivity index (χ3v) is 3.64. The summed E-state index contributed by atoms with van der Waals surface area (Å²) in [5, 5.41) is 11.8. The van der Waals surface area contributed by atoms with Crippen LogP contribution in [0.5, 0.6) is 0 Å². The number of hydrogen-bond donors (Lipinski definition) is 3. The number of ether oxygens (including phenoxy) is 1. The Balaban J connectivity index is 2.93. The lowest BCUT2D eigenvalue weighted by atomic mass is 9.88. The fourth-order valence-electron chi connectivity index (χ4n) is 2.03. The van der Waals surface area contributed by atoms with Crippen LogP contribution >= 0.6 is 0 Å². The first kappa shape index (κ1) is 20.6. The minimum Gasteiger partial charge on any atom is -0.480 e. The van der Waals surface area contributed by atoms with Crippen LogP contribution in [0.1, 0.15) is 33.3 Å². The molecule has 1 aromatic carbocycles. The van der Waals surface area contributed by atoms with Gasteiger partial charge in [-0.1, -0.05) is 30.3 Å². The summed E-state index contributed by atoms with van der Waals surface area (Å²) in [4.78, 5) is 36.4. The molecule has 7 heteroatoms. The van der Waals surface area contributed by atoms with Gasteiger partial charge in [0.15, 0.2) is 5.41 Å². The lowest BCUT2D eigenvalue weighted by molar-refractivity contribution is -0.170. The zero-order chi connectivity index (χ0) is 19.3. The van der Waals surface area contributed by atoms with Crippen LogP contribution < -0.4 is 11.1 Å². The Kier molecular flexibility index (Phi) is 6.70. The van der Waals surface area contributed by atoms with Gasteiger partial charge in [-0.25, -0.2) is 4.79 Å². The first-order chi connectivity index (χ1) is 11.5. The van der Waals surface area contributed by atoms with E-state index in [1.54, 1.807) is 45.0 Å². The topological polar surface area (TPSA) is 119 Å². The van der Waals surface area contributed by atoms with E-state index in [4.69, 9.17) is 10.5 Å². The van der Waals surface area contributed by atoms with Gasteiger partial charge in [0.05, 0.1) is 0 Å². The number of nitrogens with two attached hydrogens (primary N) is 1. The highest BCUT2D eigenvalue weighted by Crippen LogP contribution is 2.22. The van der Waals surface area contributed by atoms with Gasteiger partial charge < -0.3 is 20.9 Å². The molecule has 0 saturated heterocycles. The van der Waals surface area contributed by atoms with E-state index in [0.29, 0.717) is 0 Å². The van der Waals surface area contributed by atoms with Crippen molar-refractivity contribution in [3.8, 4) is 0 Å².